The van der Waals surface area contributed by atoms with Gasteiger partial charge in [-0.2, -0.15) is 0 Å². The summed E-state index contributed by atoms with van der Waals surface area (Å²) in [6.07, 6.45) is 6.73. The fourth-order valence-electron chi connectivity index (χ4n) is 1.29. The van der Waals surface area contributed by atoms with Gasteiger partial charge >= 0.3 is 0 Å². The van der Waals surface area contributed by atoms with Crippen molar-refractivity contribution in [2.75, 3.05) is 0 Å². The van der Waals surface area contributed by atoms with Crippen LogP contribution in [0.1, 0.15) is 32.8 Å². The fourth-order valence-corrected chi connectivity index (χ4v) is 1.29. The maximum Gasteiger partial charge on any atom is 0.159 e. The summed E-state index contributed by atoms with van der Waals surface area (Å²) in [7, 11) is 0. The van der Waals surface area contributed by atoms with Crippen molar-refractivity contribution in [1.29, 1.82) is 0 Å². The Bertz CT molecular complexity index is 351. The van der Waals surface area contributed by atoms with E-state index in [0.29, 0.717) is 0 Å². The maximum absolute atomic E-state index is 4.25. The van der Waals surface area contributed by atoms with Gasteiger partial charge in [0.05, 0.1) is 0 Å². The van der Waals surface area contributed by atoms with Gasteiger partial charge in [0.1, 0.15) is 0 Å². The lowest BCUT2D eigenvalue weighted by atomic mass is 10.1. The van der Waals surface area contributed by atoms with E-state index in [4.69, 9.17) is 0 Å². The van der Waals surface area contributed by atoms with Gasteiger partial charge in [0.15, 0.2) is 5.82 Å². The third-order valence-electron chi connectivity index (χ3n) is 1.95. The molecule has 0 atom stereocenters. The summed E-state index contributed by atoms with van der Waals surface area (Å²) in [5, 5.41) is 0. The normalized spacial score (nSPS) is 13.2. The highest BCUT2D eigenvalue weighted by molar-refractivity contribution is 5.79. The predicted octanol–water partition coefficient (Wildman–Crippen LogP) is 3.62. The van der Waals surface area contributed by atoms with Crippen molar-refractivity contribution in [1.82, 2.24) is 4.98 Å². The highest BCUT2D eigenvalue weighted by atomic mass is 14.9. The van der Waals surface area contributed by atoms with Gasteiger partial charge < -0.3 is 0 Å². The highest BCUT2D eigenvalue weighted by Crippen LogP contribution is 2.25. The molecule has 0 aromatic carbocycles. The molecule has 0 fully saturated rings. The zero-order chi connectivity index (χ0) is 10.4. The number of hydrogen-bond donors (Lipinski definition) is 0. The van der Waals surface area contributed by atoms with E-state index < -0.39 is 0 Å². The first-order valence-corrected chi connectivity index (χ1v) is 5.02. The van der Waals surface area contributed by atoms with Crippen LogP contribution in [0.2, 0.25) is 0 Å². The van der Waals surface area contributed by atoms with Crippen LogP contribution in [0.5, 0.6) is 0 Å². The number of nitrogens with zero attached hydrogens (tertiary/aromatic N) is 2. The van der Waals surface area contributed by atoms with Crippen LogP contribution in [0.15, 0.2) is 29.4 Å². The molecule has 0 bridgehead atoms. The number of aromatic nitrogens is 1. The number of hydrogen-bond acceptors (Lipinski definition) is 2. The summed E-state index contributed by atoms with van der Waals surface area (Å²) in [5.74, 6) is 0.837. The van der Waals surface area contributed by atoms with Crippen molar-refractivity contribution in [3.8, 4) is 0 Å². The lowest BCUT2D eigenvalue weighted by Gasteiger charge is -2.01. The van der Waals surface area contributed by atoms with Gasteiger partial charge in [-0.1, -0.05) is 19.9 Å². The van der Waals surface area contributed by atoms with E-state index in [9.17, 15) is 0 Å². The Morgan fingerprint density at radius 2 is 2.07 bits per heavy atom. The van der Waals surface area contributed by atoms with E-state index in [1.807, 2.05) is 26.1 Å². The van der Waals surface area contributed by atoms with Crippen molar-refractivity contribution in [2.24, 2.45) is 4.99 Å². The molecule has 74 valence electrons. The Hall–Kier alpha value is -1.44. The second-order valence-corrected chi connectivity index (χ2v) is 2.81. The molecule has 1 aliphatic rings. The smallest absolute Gasteiger partial charge is 0.159 e. The first kappa shape index (κ1) is 10.6. The molecule has 0 aliphatic carbocycles. The van der Waals surface area contributed by atoms with E-state index in [-0.39, 0.29) is 0 Å². The largest absolute Gasteiger partial charge is 0.241 e. The van der Waals surface area contributed by atoms with Crippen LogP contribution in [0.25, 0.3) is 5.57 Å². The summed E-state index contributed by atoms with van der Waals surface area (Å²) in [4.78, 5) is 8.44. The Morgan fingerprint density at radius 3 is 2.86 bits per heavy atom. The fraction of sp³-hybridized carbons (Fsp3) is 0.333. The lowest BCUT2D eigenvalue weighted by molar-refractivity contribution is 1.26. The Morgan fingerprint density at radius 1 is 1.29 bits per heavy atom. The predicted molar refractivity (Wildman–Crippen MR) is 62.0 cm³/mol. The molecule has 2 heterocycles. The molecule has 0 unspecified atom stereocenters. The number of aliphatic imine (C=N–C) groups is 1. The number of allylic oxidation sites excluding steroid dienone is 2. The molecular weight excluding hydrogens is 172 g/mol. The second-order valence-electron chi connectivity index (χ2n) is 2.81. The molecule has 0 saturated heterocycles. The molecule has 1 aromatic rings. The van der Waals surface area contributed by atoms with Gasteiger partial charge in [-0.15, -0.1) is 0 Å². The van der Waals surface area contributed by atoms with Crippen molar-refractivity contribution < 1.29 is 0 Å². The lowest BCUT2D eigenvalue weighted by Crippen LogP contribution is -1.81. The molecule has 0 amide bonds. The monoisotopic (exact) mass is 188 g/mol. The van der Waals surface area contributed by atoms with Gasteiger partial charge in [-0.05, 0) is 24.6 Å². The number of fused-ring (bicyclic) bond motifs is 1. The topological polar surface area (TPSA) is 25.2 Å². The van der Waals surface area contributed by atoms with E-state index in [1.165, 1.54) is 5.57 Å². The summed E-state index contributed by atoms with van der Waals surface area (Å²) in [6, 6.07) is 3.99. The highest BCUT2D eigenvalue weighted by Gasteiger charge is 2.04. The quantitative estimate of drug-likeness (QED) is 0.610. The average molecular weight is 188 g/mol. The van der Waals surface area contributed by atoms with Crippen LogP contribution in [-0.4, -0.2) is 11.2 Å². The zero-order valence-electron chi connectivity index (χ0n) is 8.99. The molecule has 0 radical (unpaired) electrons. The van der Waals surface area contributed by atoms with Crippen molar-refractivity contribution in [2.45, 2.75) is 27.2 Å². The average Bonchev–Trinajstić information content (AvgIpc) is 2.45. The first-order valence-electron chi connectivity index (χ1n) is 5.02. The molecule has 14 heavy (non-hydrogen) atoms. The summed E-state index contributed by atoms with van der Waals surface area (Å²) >= 11 is 0. The van der Waals surface area contributed by atoms with E-state index in [0.717, 1.165) is 17.8 Å². The molecule has 1 aromatic heterocycles. The van der Waals surface area contributed by atoms with Crippen LogP contribution in [0.3, 0.4) is 0 Å². The Labute approximate surface area is 85.4 Å². The number of rotatable bonds is 0. The SMILES string of the molecule is CC.CC1=CCC=Nc2ncccc21. The Kier molecular flexibility index (Phi) is 4.05. The molecule has 2 heteroatoms. The minimum Gasteiger partial charge on any atom is -0.241 e. The van der Waals surface area contributed by atoms with Crippen molar-refractivity contribution in [3.05, 3.63) is 30.0 Å². The minimum absolute atomic E-state index is 0.837. The van der Waals surface area contributed by atoms with Gasteiger partial charge in [-0.25, -0.2) is 9.98 Å². The first-order chi connectivity index (χ1) is 6.88. The van der Waals surface area contributed by atoms with Gasteiger partial charge in [0.25, 0.3) is 0 Å². The zero-order valence-corrected chi connectivity index (χ0v) is 8.99. The summed E-state index contributed by atoms with van der Waals surface area (Å²) in [6.45, 7) is 6.09. The van der Waals surface area contributed by atoms with Crippen LogP contribution < -0.4 is 0 Å². The third-order valence-corrected chi connectivity index (χ3v) is 1.95. The minimum atomic E-state index is 0.837. The molecule has 0 N–H and O–H groups in total. The van der Waals surface area contributed by atoms with Crippen molar-refractivity contribution in [3.63, 3.8) is 0 Å². The van der Waals surface area contributed by atoms with Crippen LogP contribution >= 0.6 is 0 Å². The van der Waals surface area contributed by atoms with Crippen LogP contribution in [-0.2, 0) is 0 Å². The van der Waals surface area contributed by atoms with Gasteiger partial charge in [-0.3, -0.25) is 0 Å². The van der Waals surface area contributed by atoms with E-state index in [2.05, 4.69) is 29.0 Å². The summed E-state index contributed by atoms with van der Waals surface area (Å²) < 4.78 is 0. The van der Waals surface area contributed by atoms with Crippen LogP contribution in [0, 0.1) is 0 Å². The van der Waals surface area contributed by atoms with Crippen LogP contribution in [0.4, 0.5) is 5.82 Å². The molecule has 0 spiro atoms. The second kappa shape index (κ2) is 5.32. The summed E-state index contributed by atoms with van der Waals surface area (Å²) in [5.41, 5.74) is 2.40. The molecule has 2 nitrogen and oxygen atoms in total. The molecule has 1 aliphatic heterocycles. The maximum atomic E-state index is 4.25. The third kappa shape index (κ3) is 2.28. The molecular formula is C12H16N2. The van der Waals surface area contributed by atoms with E-state index >= 15 is 0 Å². The molecule has 0 saturated carbocycles. The van der Waals surface area contributed by atoms with Crippen molar-refractivity contribution >= 4 is 17.6 Å². The Balaban J connectivity index is 0.000000461. The molecule has 2 rings (SSSR count). The van der Waals surface area contributed by atoms with Gasteiger partial charge in [0.2, 0.25) is 0 Å². The standard InChI is InChI=1S/C10H10N2.C2H6/c1-8-4-2-6-11-10-9(8)5-3-7-12-10;1-2/h3-7H,2H2,1H3;1-2H3. The van der Waals surface area contributed by atoms with Gasteiger partial charge in [0, 0.05) is 24.4 Å². The number of pyridine rings is 1. The van der Waals surface area contributed by atoms with E-state index in [1.54, 1.807) is 6.20 Å².